The highest BCUT2D eigenvalue weighted by Gasteiger charge is 2.21. The van der Waals surface area contributed by atoms with Crippen molar-refractivity contribution in [2.24, 2.45) is 7.05 Å². The Morgan fingerprint density at radius 1 is 1.19 bits per heavy atom. The van der Waals surface area contributed by atoms with Gasteiger partial charge in [-0.05, 0) is 26.0 Å². The Morgan fingerprint density at radius 2 is 1.97 bits per heavy atom. The third-order valence-corrected chi connectivity index (χ3v) is 5.54. The van der Waals surface area contributed by atoms with E-state index >= 15 is 0 Å². The van der Waals surface area contributed by atoms with Crippen LogP contribution < -0.4 is 15.5 Å². The lowest BCUT2D eigenvalue weighted by Gasteiger charge is -2.36. The van der Waals surface area contributed by atoms with Crippen LogP contribution in [0.15, 0.2) is 24.4 Å². The first-order chi connectivity index (χ1) is 14.9. The maximum Gasteiger partial charge on any atom is 0.269 e. The number of hydrogen-bond acceptors (Lipinski definition) is 7. The molecule has 4 rings (SSSR count). The second-order valence-electron chi connectivity index (χ2n) is 7.83. The number of aromatic amines is 1. The zero-order valence-electron chi connectivity index (χ0n) is 18.4. The standard InChI is InChI=1S/C21H29N9O/c1-14-12-23-21(24-14)26-19-11-16(28(4)27-19)13-29-7-9-30(10-8-29)18-6-5-17(20(31)22-3)25-15(18)2/h5-6,11-12H,7-10,13H2,1-4H3,(H,22,31)(H2,23,24,26,27). The van der Waals surface area contributed by atoms with Gasteiger partial charge in [0.15, 0.2) is 5.82 Å². The van der Waals surface area contributed by atoms with Crippen molar-refractivity contribution in [2.45, 2.75) is 20.4 Å². The SMILES string of the molecule is CNC(=O)c1ccc(N2CCN(Cc3cc(Nc4ncc(C)[nH]4)nn3C)CC2)c(C)n1. The Labute approximate surface area is 181 Å². The van der Waals surface area contributed by atoms with Crippen LogP contribution in [0.2, 0.25) is 0 Å². The third kappa shape index (κ3) is 4.69. The van der Waals surface area contributed by atoms with E-state index in [1.165, 1.54) is 0 Å². The van der Waals surface area contributed by atoms with Crippen molar-refractivity contribution in [3.8, 4) is 0 Å². The summed E-state index contributed by atoms with van der Waals surface area (Å²) >= 11 is 0. The van der Waals surface area contributed by atoms with E-state index in [2.05, 4.69) is 46.6 Å². The van der Waals surface area contributed by atoms with E-state index in [1.807, 2.05) is 31.6 Å². The van der Waals surface area contributed by atoms with E-state index in [0.29, 0.717) is 11.6 Å². The Hall–Kier alpha value is -3.40. The van der Waals surface area contributed by atoms with Crippen LogP contribution in [-0.2, 0) is 13.6 Å². The van der Waals surface area contributed by atoms with Gasteiger partial charge in [-0.3, -0.25) is 14.4 Å². The molecule has 0 radical (unpaired) electrons. The van der Waals surface area contributed by atoms with Gasteiger partial charge in [0.2, 0.25) is 5.95 Å². The van der Waals surface area contributed by atoms with E-state index < -0.39 is 0 Å². The summed E-state index contributed by atoms with van der Waals surface area (Å²) in [5, 5.41) is 10.4. The Kier molecular flexibility index (Phi) is 5.90. The molecule has 1 amide bonds. The molecule has 1 fully saturated rings. The van der Waals surface area contributed by atoms with E-state index in [1.54, 1.807) is 19.3 Å². The van der Waals surface area contributed by atoms with Crippen LogP contribution in [0.5, 0.6) is 0 Å². The second kappa shape index (κ2) is 8.76. The number of nitrogens with zero attached hydrogens (tertiary/aromatic N) is 6. The maximum atomic E-state index is 11.8. The number of pyridine rings is 1. The molecule has 164 valence electrons. The fraction of sp³-hybridized carbons (Fsp3) is 0.429. The molecule has 3 aromatic heterocycles. The van der Waals surface area contributed by atoms with Gasteiger partial charge in [-0.1, -0.05) is 0 Å². The molecular weight excluding hydrogens is 394 g/mol. The molecule has 1 saturated heterocycles. The predicted molar refractivity (Wildman–Crippen MR) is 120 cm³/mol. The van der Waals surface area contributed by atoms with Gasteiger partial charge in [0.05, 0.1) is 17.1 Å². The molecule has 3 N–H and O–H groups in total. The molecule has 0 aliphatic carbocycles. The lowest BCUT2D eigenvalue weighted by Crippen LogP contribution is -2.46. The molecule has 1 aliphatic rings. The minimum absolute atomic E-state index is 0.160. The van der Waals surface area contributed by atoms with Crippen molar-refractivity contribution < 1.29 is 4.79 Å². The molecule has 0 saturated carbocycles. The zero-order valence-corrected chi connectivity index (χ0v) is 18.4. The number of nitrogens with one attached hydrogen (secondary N) is 3. The van der Waals surface area contributed by atoms with Gasteiger partial charge in [-0.2, -0.15) is 5.10 Å². The summed E-state index contributed by atoms with van der Waals surface area (Å²) < 4.78 is 1.91. The molecule has 10 heteroatoms. The smallest absolute Gasteiger partial charge is 0.269 e. The fourth-order valence-electron chi connectivity index (χ4n) is 3.83. The van der Waals surface area contributed by atoms with Crippen LogP contribution >= 0.6 is 0 Å². The van der Waals surface area contributed by atoms with E-state index in [9.17, 15) is 4.79 Å². The van der Waals surface area contributed by atoms with Gasteiger partial charge in [-0.15, -0.1) is 0 Å². The Balaban J connectivity index is 1.35. The molecule has 0 bridgehead atoms. The number of carbonyl (C=O) groups is 1. The molecule has 3 aromatic rings. The lowest BCUT2D eigenvalue weighted by atomic mass is 10.2. The molecule has 31 heavy (non-hydrogen) atoms. The van der Waals surface area contributed by atoms with E-state index in [-0.39, 0.29) is 5.91 Å². The van der Waals surface area contributed by atoms with Gasteiger partial charge in [0.25, 0.3) is 5.91 Å². The number of imidazole rings is 1. The molecule has 10 nitrogen and oxygen atoms in total. The van der Waals surface area contributed by atoms with Gasteiger partial charge in [0.1, 0.15) is 5.69 Å². The molecule has 0 atom stereocenters. The molecule has 4 heterocycles. The van der Waals surface area contributed by atoms with Crippen molar-refractivity contribution in [3.05, 3.63) is 47.2 Å². The summed E-state index contributed by atoms with van der Waals surface area (Å²) in [5.41, 5.74) is 4.57. The van der Waals surface area contributed by atoms with Gasteiger partial charge >= 0.3 is 0 Å². The number of rotatable bonds is 6. The first kappa shape index (κ1) is 20.9. The van der Waals surface area contributed by atoms with Crippen LogP contribution in [0.3, 0.4) is 0 Å². The van der Waals surface area contributed by atoms with Gasteiger partial charge < -0.3 is 20.5 Å². The third-order valence-electron chi connectivity index (χ3n) is 5.54. The summed E-state index contributed by atoms with van der Waals surface area (Å²) in [7, 11) is 3.58. The molecule has 0 aromatic carbocycles. The molecular formula is C21H29N9O. The Bertz CT molecular complexity index is 1060. The number of aryl methyl sites for hydroxylation is 3. The maximum absolute atomic E-state index is 11.8. The first-order valence-corrected chi connectivity index (χ1v) is 10.4. The van der Waals surface area contributed by atoms with Crippen LogP contribution in [0.1, 0.15) is 27.6 Å². The summed E-state index contributed by atoms with van der Waals surface area (Å²) in [6.45, 7) is 8.48. The number of carbonyl (C=O) groups excluding carboxylic acids is 1. The van der Waals surface area contributed by atoms with Crippen molar-refractivity contribution >= 4 is 23.4 Å². The van der Waals surface area contributed by atoms with E-state index in [0.717, 1.165) is 61.3 Å². The average molecular weight is 424 g/mol. The molecule has 0 unspecified atom stereocenters. The van der Waals surface area contributed by atoms with E-state index in [4.69, 9.17) is 0 Å². The van der Waals surface area contributed by atoms with Crippen LogP contribution in [0, 0.1) is 13.8 Å². The Morgan fingerprint density at radius 3 is 2.61 bits per heavy atom. The van der Waals surface area contributed by atoms with Crippen molar-refractivity contribution in [1.82, 2.24) is 34.9 Å². The average Bonchev–Trinajstić information content (AvgIpc) is 3.32. The summed E-state index contributed by atoms with van der Waals surface area (Å²) in [5.74, 6) is 1.32. The summed E-state index contributed by atoms with van der Waals surface area (Å²) in [6.07, 6.45) is 1.79. The number of H-pyrrole nitrogens is 1. The first-order valence-electron chi connectivity index (χ1n) is 10.4. The highest BCUT2D eigenvalue weighted by atomic mass is 16.1. The predicted octanol–water partition coefficient (Wildman–Crippen LogP) is 1.58. The monoisotopic (exact) mass is 423 g/mol. The lowest BCUT2D eigenvalue weighted by molar-refractivity contribution is 0.0958. The molecule has 0 spiro atoms. The second-order valence-corrected chi connectivity index (χ2v) is 7.83. The minimum atomic E-state index is -0.160. The van der Waals surface area contributed by atoms with Crippen LogP contribution in [0.25, 0.3) is 0 Å². The number of aromatic nitrogens is 5. The normalized spacial score (nSPS) is 14.6. The topological polar surface area (TPSA) is 107 Å². The van der Waals surface area contributed by atoms with Crippen LogP contribution in [-0.4, -0.2) is 68.8 Å². The summed E-state index contributed by atoms with van der Waals surface area (Å²) in [6, 6.07) is 5.85. The fourth-order valence-corrected chi connectivity index (χ4v) is 3.83. The van der Waals surface area contributed by atoms with Crippen molar-refractivity contribution in [1.29, 1.82) is 0 Å². The summed E-state index contributed by atoms with van der Waals surface area (Å²) in [4.78, 5) is 28.4. The quantitative estimate of drug-likeness (QED) is 0.553. The minimum Gasteiger partial charge on any atom is -0.368 e. The molecule has 1 aliphatic heterocycles. The number of amides is 1. The number of hydrogen-bond donors (Lipinski definition) is 3. The van der Waals surface area contributed by atoms with Crippen molar-refractivity contribution in [3.63, 3.8) is 0 Å². The highest BCUT2D eigenvalue weighted by Crippen LogP contribution is 2.22. The number of anilines is 3. The van der Waals surface area contributed by atoms with Gasteiger partial charge in [-0.25, -0.2) is 9.97 Å². The highest BCUT2D eigenvalue weighted by molar-refractivity contribution is 5.92. The van der Waals surface area contributed by atoms with Gasteiger partial charge in [0, 0.05) is 64.8 Å². The largest absolute Gasteiger partial charge is 0.368 e. The number of piperazine rings is 1. The van der Waals surface area contributed by atoms with Crippen molar-refractivity contribution in [2.75, 3.05) is 43.4 Å². The van der Waals surface area contributed by atoms with Crippen LogP contribution in [0.4, 0.5) is 17.5 Å². The zero-order chi connectivity index (χ0) is 22.0.